The van der Waals surface area contributed by atoms with Crippen molar-refractivity contribution in [2.24, 2.45) is 23.7 Å². The van der Waals surface area contributed by atoms with Crippen LogP contribution >= 0.6 is 0 Å². The molecule has 2 bridgehead atoms. The van der Waals surface area contributed by atoms with Crippen molar-refractivity contribution in [2.75, 3.05) is 0 Å². The van der Waals surface area contributed by atoms with Crippen molar-refractivity contribution in [3.8, 4) is 0 Å². The van der Waals surface area contributed by atoms with Crippen molar-refractivity contribution >= 4 is 17.8 Å². The fourth-order valence-corrected chi connectivity index (χ4v) is 4.70. The van der Waals surface area contributed by atoms with Gasteiger partial charge in [0.25, 0.3) is 0 Å². The Labute approximate surface area is 127 Å². The van der Waals surface area contributed by atoms with Gasteiger partial charge in [0, 0.05) is 0 Å². The first-order chi connectivity index (χ1) is 10.6. The molecule has 2 saturated carbocycles. The number of imide groups is 1. The summed E-state index contributed by atoms with van der Waals surface area (Å²) in [5.41, 5.74) is 0. The second kappa shape index (κ2) is 4.69. The topological polar surface area (TPSA) is 87.8 Å². The highest BCUT2D eigenvalue weighted by atomic mass is 16.4. The van der Waals surface area contributed by atoms with E-state index < -0.39 is 12.0 Å². The Morgan fingerprint density at radius 3 is 2.41 bits per heavy atom. The SMILES string of the molecule is O=C(O)C[C@@H](c1ccco1)N1C(=O)[C@@H]2[C@H]3CC[C@@H](C3)[C@@H]2C1=O. The molecule has 2 aliphatic carbocycles. The van der Waals surface area contributed by atoms with Crippen LogP contribution in [0.1, 0.15) is 37.5 Å². The fourth-order valence-electron chi connectivity index (χ4n) is 4.70. The van der Waals surface area contributed by atoms with Crippen LogP contribution in [-0.2, 0) is 14.4 Å². The van der Waals surface area contributed by atoms with E-state index in [0.29, 0.717) is 17.6 Å². The van der Waals surface area contributed by atoms with Crippen LogP contribution in [0.25, 0.3) is 0 Å². The molecule has 4 rings (SSSR count). The van der Waals surface area contributed by atoms with E-state index in [4.69, 9.17) is 9.52 Å². The number of likely N-dealkylation sites (tertiary alicyclic amines) is 1. The zero-order valence-electron chi connectivity index (χ0n) is 12.0. The van der Waals surface area contributed by atoms with Crippen LogP contribution in [0.3, 0.4) is 0 Å². The number of furan rings is 1. The van der Waals surface area contributed by atoms with Crippen LogP contribution in [-0.4, -0.2) is 27.8 Å². The average Bonchev–Trinajstić information content (AvgIpc) is 3.22. The number of amides is 2. The predicted octanol–water partition coefficient (Wildman–Crippen LogP) is 1.83. The summed E-state index contributed by atoms with van der Waals surface area (Å²) in [6.45, 7) is 0. The lowest BCUT2D eigenvalue weighted by Crippen LogP contribution is -2.37. The van der Waals surface area contributed by atoms with Gasteiger partial charge in [-0.15, -0.1) is 0 Å². The van der Waals surface area contributed by atoms with Gasteiger partial charge in [0.2, 0.25) is 11.8 Å². The summed E-state index contributed by atoms with van der Waals surface area (Å²) < 4.78 is 5.29. The minimum Gasteiger partial charge on any atom is -0.481 e. The Hall–Kier alpha value is -2.11. The smallest absolute Gasteiger partial charge is 0.305 e. The third-order valence-corrected chi connectivity index (χ3v) is 5.51. The third-order valence-electron chi connectivity index (χ3n) is 5.51. The van der Waals surface area contributed by atoms with Crippen LogP contribution in [0.5, 0.6) is 0 Å². The maximum atomic E-state index is 12.8. The Bertz CT molecular complexity index is 609. The number of fused-ring (bicyclic) bond motifs is 5. The summed E-state index contributed by atoms with van der Waals surface area (Å²) in [5.74, 6) is -1.000. The van der Waals surface area contributed by atoms with Crippen LogP contribution in [0.15, 0.2) is 22.8 Å². The van der Waals surface area contributed by atoms with Gasteiger partial charge < -0.3 is 9.52 Å². The van der Waals surface area contributed by atoms with Crippen LogP contribution < -0.4 is 0 Å². The standard InChI is InChI=1S/C16H17NO5/c18-12(19)7-10(11-2-1-5-22-11)17-15(20)13-8-3-4-9(6-8)14(13)16(17)21/h1-2,5,8-10,13-14H,3-4,6-7H2,(H,18,19)/t8-,9-,10-,13-,14+/m0/s1. The molecule has 2 amide bonds. The van der Waals surface area contributed by atoms with Crippen LogP contribution in [0.2, 0.25) is 0 Å². The lowest BCUT2D eigenvalue weighted by atomic mass is 9.81. The summed E-state index contributed by atoms with van der Waals surface area (Å²) >= 11 is 0. The largest absolute Gasteiger partial charge is 0.481 e. The van der Waals surface area contributed by atoms with Gasteiger partial charge in [0.1, 0.15) is 11.8 Å². The molecule has 22 heavy (non-hydrogen) atoms. The molecule has 6 heteroatoms. The summed E-state index contributed by atoms with van der Waals surface area (Å²) in [5, 5.41) is 9.14. The molecule has 116 valence electrons. The number of hydrogen-bond acceptors (Lipinski definition) is 4. The second-order valence-corrected chi connectivity index (χ2v) is 6.56. The molecule has 2 heterocycles. The zero-order chi connectivity index (χ0) is 15.4. The van der Waals surface area contributed by atoms with E-state index in [1.165, 1.54) is 11.2 Å². The number of carbonyl (C=O) groups is 3. The van der Waals surface area contributed by atoms with Gasteiger partial charge in [-0.3, -0.25) is 19.3 Å². The third kappa shape index (κ3) is 1.76. The molecule has 1 aromatic heterocycles. The molecule has 0 unspecified atom stereocenters. The van der Waals surface area contributed by atoms with Gasteiger partial charge in [-0.2, -0.15) is 0 Å². The number of carboxylic acid groups (broad SMARTS) is 1. The van der Waals surface area contributed by atoms with Crippen molar-refractivity contribution in [1.29, 1.82) is 0 Å². The monoisotopic (exact) mass is 303 g/mol. The van der Waals surface area contributed by atoms with E-state index in [2.05, 4.69) is 0 Å². The first-order valence-corrected chi connectivity index (χ1v) is 7.70. The first-order valence-electron chi connectivity index (χ1n) is 7.70. The molecule has 3 fully saturated rings. The molecule has 5 atom stereocenters. The molecule has 0 aromatic carbocycles. The van der Waals surface area contributed by atoms with Crippen LogP contribution in [0.4, 0.5) is 0 Å². The second-order valence-electron chi connectivity index (χ2n) is 6.56. The summed E-state index contributed by atoms with van der Waals surface area (Å²) in [4.78, 5) is 37.9. The summed E-state index contributed by atoms with van der Waals surface area (Å²) in [7, 11) is 0. The maximum Gasteiger partial charge on any atom is 0.305 e. The molecule has 3 aliphatic rings. The molecule has 1 aromatic rings. The van der Waals surface area contributed by atoms with Gasteiger partial charge in [-0.1, -0.05) is 0 Å². The lowest BCUT2D eigenvalue weighted by Gasteiger charge is -2.25. The van der Waals surface area contributed by atoms with Crippen molar-refractivity contribution in [3.63, 3.8) is 0 Å². The average molecular weight is 303 g/mol. The van der Waals surface area contributed by atoms with E-state index in [-0.39, 0.29) is 30.1 Å². The molecular formula is C16H17NO5. The summed E-state index contributed by atoms with van der Waals surface area (Å²) in [6.07, 6.45) is 4.08. The molecule has 6 nitrogen and oxygen atoms in total. The minimum absolute atomic E-state index is 0.204. The lowest BCUT2D eigenvalue weighted by molar-refractivity contribution is -0.147. The molecule has 0 radical (unpaired) electrons. The van der Waals surface area contributed by atoms with E-state index >= 15 is 0 Å². The molecule has 0 spiro atoms. The highest BCUT2D eigenvalue weighted by Crippen LogP contribution is 2.57. The number of carbonyl (C=O) groups excluding carboxylic acids is 2. The van der Waals surface area contributed by atoms with Gasteiger partial charge in [0.15, 0.2) is 0 Å². The van der Waals surface area contributed by atoms with Crippen molar-refractivity contribution in [3.05, 3.63) is 24.2 Å². The Kier molecular flexibility index (Phi) is 2.89. The van der Waals surface area contributed by atoms with E-state index in [1.807, 2.05) is 0 Å². The molecule has 1 N–H and O–H groups in total. The van der Waals surface area contributed by atoms with E-state index in [9.17, 15) is 14.4 Å². The highest BCUT2D eigenvalue weighted by Gasteiger charge is 2.62. The Morgan fingerprint density at radius 1 is 1.27 bits per heavy atom. The number of nitrogens with zero attached hydrogens (tertiary/aromatic N) is 1. The van der Waals surface area contributed by atoms with E-state index in [1.54, 1.807) is 12.1 Å². The fraction of sp³-hybridized carbons (Fsp3) is 0.562. The predicted molar refractivity (Wildman–Crippen MR) is 73.4 cm³/mol. The maximum absolute atomic E-state index is 12.8. The molecule has 1 aliphatic heterocycles. The molecular weight excluding hydrogens is 286 g/mol. The first kappa shape index (κ1) is 13.5. The van der Waals surface area contributed by atoms with Gasteiger partial charge in [-0.25, -0.2) is 0 Å². The Morgan fingerprint density at radius 2 is 1.91 bits per heavy atom. The number of rotatable bonds is 4. The summed E-state index contributed by atoms with van der Waals surface area (Å²) in [6, 6.07) is 2.42. The zero-order valence-corrected chi connectivity index (χ0v) is 12.0. The number of carboxylic acids is 1. The molecule has 1 saturated heterocycles. The van der Waals surface area contributed by atoms with Gasteiger partial charge >= 0.3 is 5.97 Å². The van der Waals surface area contributed by atoms with Crippen molar-refractivity contribution in [1.82, 2.24) is 4.90 Å². The van der Waals surface area contributed by atoms with Gasteiger partial charge in [-0.05, 0) is 43.2 Å². The van der Waals surface area contributed by atoms with Gasteiger partial charge in [0.05, 0.1) is 24.5 Å². The normalized spacial score (nSPS) is 34.3. The quantitative estimate of drug-likeness (QED) is 0.857. The van der Waals surface area contributed by atoms with E-state index in [0.717, 1.165) is 19.3 Å². The number of aliphatic carboxylic acids is 1. The Balaban J connectivity index is 1.70. The minimum atomic E-state index is -1.05. The van der Waals surface area contributed by atoms with Crippen molar-refractivity contribution < 1.29 is 23.9 Å². The number of hydrogen-bond donors (Lipinski definition) is 1. The highest BCUT2D eigenvalue weighted by molar-refractivity contribution is 6.06. The van der Waals surface area contributed by atoms with Crippen molar-refractivity contribution in [2.45, 2.75) is 31.7 Å². The van der Waals surface area contributed by atoms with Crippen LogP contribution in [0, 0.1) is 23.7 Å².